The first kappa shape index (κ1) is 19.2. The summed E-state index contributed by atoms with van der Waals surface area (Å²) in [7, 11) is 3.32. The second kappa shape index (κ2) is 7.58. The first-order valence-electron chi connectivity index (χ1n) is 8.61. The number of aliphatic hydroxyl groups excluding tert-OH is 1. The summed E-state index contributed by atoms with van der Waals surface area (Å²) in [6, 6.07) is 6.98. The van der Waals surface area contributed by atoms with Crippen LogP contribution in [-0.2, 0) is 20.6 Å². The third kappa shape index (κ3) is 3.63. The quantitative estimate of drug-likeness (QED) is 0.661. The first-order chi connectivity index (χ1) is 12.8. The zero-order valence-electron chi connectivity index (χ0n) is 15.4. The lowest BCUT2D eigenvalue weighted by Crippen LogP contribution is -2.39. The Morgan fingerprint density at radius 2 is 1.85 bits per heavy atom. The van der Waals surface area contributed by atoms with E-state index < -0.39 is 11.2 Å². The standard InChI is InChI=1S/C18H22ClN5O3/c1-11(8-9-25)20-17-21-15-14(22(17)2)16(26)24(18(27)23(15)3)10-12-4-6-13(19)7-5-12/h4-7,11,25H,8-10H2,1-3H3,(H,20,21)/t11-/m0/s1. The lowest BCUT2D eigenvalue weighted by molar-refractivity contribution is 0.282. The number of aromatic nitrogens is 4. The fraction of sp³-hybridized carbons (Fsp3) is 0.389. The zero-order chi connectivity index (χ0) is 19.7. The van der Waals surface area contributed by atoms with Gasteiger partial charge in [-0.2, -0.15) is 4.98 Å². The molecule has 0 unspecified atom stereocenters. The van der Waals surface area contributed by atoms with E-state index in [-0.39, 0.29) is 19.2 Å². The number of aliphatic hydroxyl groups is 1. The number of hydrogen-bond donors (Lipinski definition) is 2. The van der Waals surface area contributed by atoms with Gasteiger partial charge < -0.3 is 15.0 Å². The number of halogens is 1. The van der Waals surface area contributed by atoms with Crippen LogP contribution in [0.4, 0.5) is 5.95 Å². The van der Waals surface area contributed by atoms with Crippen LogP contribution in [0.1, 0.15) is 18.9 Å². The van der Waals surface area contributed by atoms with E-state index in [0.717, 1.165) is 5.56 Å². The molecule has 0 radical (unpaired) electrons. The SMILES string of the molecule is C[C@@H](CCO)Nc1nc2c(c(=O)n(Cc3ccc(Cl)cc3)c(=O)n2C)n1C. The zero-order valence-corrected chi connectivity index (χ0v) is 16.2. The summed E-state index contributed by atoms with van der Waals surface area (Å²) in [5.74, 6) is 0.474. The van der Waals surface area contributed by atoms with Crippen molar-refractivity contribution in [3.05, 3.63) is 55.7 Å². The van der Waals surface area contributed by atoms with Gasteiger partial charge in [0, 0.05) is 31.8 Å². The van der Waals surface area contributed by atoms with E-state index in [1.807, 2.05) is 6.92 Å². The number of imidazole rings is 1. The molecule has 3 rings (SSSR count). The molecule has 9 heteroatoms. The van der Waals surface area contributed by atoms with Crippen LogP contribution in [0, 0.1) is 0 Å². The van der Waals surface area contributed by atoms with Crippen LogP contribution >= 0.6 is 11.6 Å². The molecule has 27 heavy (non-hydrogen) atoms. The monoisotopic (exact) mass is 391 g/mol. The highest BCUT2D eigenvalue weighted by Gasteiger charge is 2.19. The Labute approximate surface area is 160 Å². The molecule has 144 valence electrons. The van der Waals surface area contributed by atoms with Gasteiger partial charge in [0.2, 0.25) is 5.95 Å². The number of fused-ring (bicyclic) bond motifs is 1. The Kier molecular flexibility index (Phi) is 5.38. The van der Waals surface area contributed by atoms with Crippen LogP contribution < -0.4 is 16.6 Å². The third-order valence-electron chi connectivity index (χ3n) is 4.55. The molecule has 0 aliphatic heterocycles. The summed E-state index contributed by atoms with van der Waals surface area (Å²) in [4.78, 5) is 30.1. The largest absolute Gasteiger partial charge is 0.396 e. The minimum Gasteiger partial charge on any atom is -0.396 e. The van der Waals surface area contributed by atoms with Crippen LogP contribution in [0.15, 0.2) is 33.9 Å². The Morgan fingerprint density at radius 1 is 1.19 bits per heavy atom. The van der Waals surface area contributed by atoms with Crippen molar-refractivity contribution in [1.82, 2.24) is 18.7 Å². The van der Waals surface area contributed by atoms with Crippen molar-refractivity contribution in [3.63, 3.8) is 0 Å². The molecule has 0 aliphatic carbocycles. The van der Waals surface area contributed by atoms with E-state index in [1.54, 1.807) is 42.9 Å². The van der Waals surface area contributed by atoms with Gasteiger partial charge in [-0.15, -0.1) is 0 Å². The number of nitrogens with zero attached hydrogens (tertiary/aromatic N) is 4. The molecule has 0 spiro atoms. The van der Waals surface area contributed by atoms with Crippen molar-refractivity contribution in [1.29, 1.82) is 0 Å². The lowest BCUT2D eigenvalue weighted by Gasteiger charge is -2.12. The van der Waals surface area contributed by atoms with Gasteiger partial charge in [0.25, 0.3) is 5.56 Å². The molecule has 0 bridgehead atoms. The molecule has 0 saturated carbocycles. The number of benzene rings is 1. The Hall–Kier alpha value is -2.58. The van der Waals surface area contributed by atoms with E-state index in [9.17, 15) is 9.59 Å². The number of anilines is 1. The van der Waals surface area contributed by atoms with Gasteiger partial charge in [-0.3, -0.25) is 13.9 Å². The van der Waals surface area contributed by atoms with E-state index in [0.29, 0.717) is 28.6 Å². The lowest BCUT2D eigenvalue weighted by atomic mass is 10.2. The van der Waals surface area contributed by atoms with Gasteiger partial charge in [0.15, 0.2) is 11.2 Å². The summed E-state index contributed by atoms with van der Waals surface area (Å²) >= 11 is 5.90. The number of aryl methyl sites for hydroxylation is 2. The maximum atomic E-state index is 13.0. The maximum absolute atomic E-state index is 13.0. The molecule has 2 aromatic heterocycles. The van der Waals surface area contributed by atoms with E-state index in [2.05, 4.69) is 10.3 Å². The fourth-order valence-electron chi connectivity index (χ4n) is 2.97. The number of hydrogen-bond acceptors (Lipinski definition) is 5. The molecule has 0 fully saturated rings. The molecule has 1 atom stereocenters. The van der Waals surface area contributed by atoms with Gasteiger partial charge in [0.05, 0.1) is 6.54 Å². The highest BCUT2D eigenvalue weighted by molar-refractivity contribution is 6.30. The normalized spacial score (nSPS) is 12.5. The average Bonchev–Trinajstić information content (AvgIpc) is 2.95. The summed E-state index contributed by atoms with van der Waals surface area (Å²) in [6.45, 7) is 2.10. The van der Waals surface area contributed by atoms with Crippen molar-refractivity contribution in [2.45, 2.75) is 25.9 Å². The first-order valence-corrected chi connectivity index (χ1v) is 8.99. The van der Waals surface area contributed by atoms with Gasteiger partial charge in [-0.05, 0) is 31.0 Å². The van der Waals surface area contributed by atoms with Crippen LogP contribution in [0.3, 0.4) is 0 Å². The fourth-order valence-corrected chi connectivity index (χ4v) is 3.10. The molecule has 0 aliphatic rings. The molecule has 1 aromatic carbocycles. The minimum absolute atomic E-state index is 0.0289. The van der Waals surface area contributed by atoms with Gasteiger partial charge in [0.1, 0.15) is 0 Å². The van der Waals surface area contributed by atoms with Crippen molar-refractivity contribution in [3.8, 4) is 0 Å². The molecular formula is C18H22ClN5O3. The molecular weight excluding hydrogens is 370 g/mol. The predicted molar refractivity (Wildman–Crippen MR) is 106 cm³/mol. The average molecular weight is 392 g/mol. The Bertz CT molecular complexity index is 1080. The molecule has 8 nitrogen and oxygen atoms in total. The van der Waals surface area contributed by atoms with Crippen LogP contribution in [0.2, 0.25) is 5.02 Å². The molecule has 3 aromatic rings. The van der Waals surface area contributed by atoms with E-state index in [1.165, 1.54) is 9.13 Å². The predicted octanol–water partition coefficient (Wildman–Crippen LogP) is 1.32. The highest BCUT2D eigenvalue weighted by atomic mass is 35.5. The van der Waals surface area contributed by atoms with Crippen LogP contribution in [-0.4, -0.2) is 36.4 Å². The molecule has 0 amide bonds. The number of rotatable bonds is 6. The van der Waals surface area contributed by atoms with Crippen molar-refractivity contribution in [2.24, 2.45) is 14.1 Å². The maximum Gasteiger partial charge on any atom is 0.332 e. The van der Waals surface area contributed by atoms with Crippen LogP contribution in [0.5, 0.6) is 0 Å². The second-order valence-corrected chi connectivity index (χ2v) is 7.02. The molecule has 2 N–H and O–H groups in total. The molecule has 2 heterocycles. The van der Waals surface area contributed by atoms with Crippen LogP contribution in [0.25, 0.3) is 11.2 Å². The van der Waals surface area contributed by atoms with E-state index in [4.69, 9.17) is 16.7 Å². The topological polar surface area (TPSA) is 94.1 Å². The third-order valence-corrected chi connectivity index (χ3v) is 4.80. The Balaban J connectivity index is 2.11. The second-order valence-electron chi connectivity index (χ2n) is 6.58. The van der Waals surface area contributed by atoms with E-state index >= 15 is 0 Å². The minimum atomic E-state index is -0.435. The van der Waals surface area contributed by atoms with Crippen molar-refractivity contribution >= 4 is 28.7 Å². The van der Waals surface area contributed by atoms with Crippen molar-refractivity contribution < 1.29 is 5.11 Å². The van der Waals surface area contributed by atoms with Gasteiger partial charge >= 0.3 is 5.69 Å². The summed E-state index contributed by atoms with van der Waals surface area (Å²) < 4.78 is 4.20. The Morgan fingerprint density at radius 3 is 2.48 bits per heavy atom. The smallest absolute Gasteiger partial charge is 0.332 e. The van der Waals surface area contributed by atoms with Crippen molar-refractivity contribution in [2.75, 3.05) is 11.9 Å². The molecule has 0 saturated heterocycles. The summed E-state index contributed by atoms with van der Waals surface area (Å²) in [5.41, 5.74) is 0.620. The highest BCUT2D eigenvalue weighted by Crippen LogP contribution is 2.15. The van der Waals surface area contributed by atoms with Gasteiger partial charge in [-0.25, -0.2) is 4.79 Å². The number of nitrogens with one attached hydrogen (secondary N) is 1. The summed E-state index contributed by atoms with van der Waals surface area (Å²) in [5, 5.41) is 12.8. The summed E-state index contributed by atoms with van der Waals surface area (Å²) in [6.07, 6.45) is 0.545. The van der Waals surface area contributed by atoms with Gasteiger partial charge in [-0.1, -0.05) is 23.7 Å².